The third kappa shape index (κ3) is 6.95. The molecule has 0 atom stereocenters. The number of anilines is 5. The molecule has 0 spiro atoms. The van der Waals surface area contributed by atoms with Crippen LogP contribution in [0.4, 0.5) is 34.1 Å². The zero-order valence-corrected chi connectivity index (χ0v) is 29.3. The number of nitro groups is 1. The van der Waals surface area contributed by atoms with Crippen molar-refractivity contribution in [2.75, 3.05) is 26.2 Å². The lowest BCUT2D eigenvalue weighted by Crippen LogP contribution is -2.59. The van der Waals surface area contributed by atoms with Crippen LogP contribution in [-0.4, -0.2) is 25.3 Å². The summed E-state index contributed by atoms with van der Waals surface area (Å²) in [5.41, 5.74) is 14.3. The summed E-state index contributed by atoms with van der Waals surface area (Å²) in [4.78, 5) is 11.3. The van der Waals surface area contributed by atoms with Gasteiger partial charge in [-0.15, -0.1) is 0 Å². The highest BCUT2D eigenvalue weighted by Gasteiger charge is 2.29. The highest BCUT2D eigenvalue weighted by molar-refractivity contribution is 5.74. The van der Waals surface area contributed by atoms with Crippen LogP contribution in [-0.2, 0) is 0 Å². The van der Waals surface area contributed by atoms with E-state index in [0.717, 1.165) is 0 Å². The number of nitrogens with one attached hydrogen (secondary N) is 2. The second-order valence-corrected chi connectivity index (χ2v) is 12.7. The largest absolute Gasteiger partial charge is 0.507 e. The van der Waals surface area contributed by atoms with E-state index >= 15 is 0 Å². The minimum atomic E-state index is -0.472. The van der Waals surface area contributed by atoms with E-state index in [2.05, 4.69) is 10.9 Å². The van der Waals surface area contributed by atoms with E-state index in [1.807, 2.05) is 0 Å². The molecule has 0 bridgehead atoms. The highest BCUT2D eigenvalue weighted by Crippen LogP contribution is 2.38. The maximum Gasteiger partial charge on any atom is 0.271 e. The summed E-state index contributed by atoms with van der Waals surface area (Å²) in [7, 11) is 0. The number of phenols is 4. The van der Waals surface area contributed by atoms with Crippen LogP contribution in [0.3, 0.4) is 0 Å². The van der Waals surface area contributed by atoms with Crippen molar-refractivity contribution >= 4 is 34.1 Å². The summed E-state index contributed by atoms with van der Waals surface area (Å²) in [6.45, 7) is 14.3. The van der Waals surface area contributed by atoms with E-state index in [4.69, 9.17) is 0 Å². The molecule has 6 N–H and O–H groups in total. The first-order valence-corrected chi connectivity index (χ1v) is 15.9. The first kappa shape index (κ1) is 35.0. The molecule has 260 valence electrons. The van der Waals surface area contributed by atoms with Crippen molar-refractivity contribution in [1.29, 1.82) is 0 Å². The van der Waals surface area contributed by atoms with Gasteiger partial charge in [0.1, 0.15) is 23.0 Å². The maximum atomic E-state index is 11.8. The highest BCUT2D eigenvalue weighted by atomic mass is 16.6. The Morgan fingerprint density at radius 1 is 0.500 bits per heavy atom. The van der Waals surface area contributed by atoms with Crippen LogP contribution in [0.1, 0.15) is 44.5 Å². The summed E-state index contributed by atoms with van der Waals surface area (Å²) >= 11 is 0. The first-order chi connectivity index (χ1) is 23.5. The molecule has 5 rings (SSSR count). The number of nitrogens with zero attached hydrogens (tertiary/aromatic N) is 4. The molecule has 0 radical (unpaired) electrons. The standard InChI is InChI=1S/C38H42N6O6/c1-21-12-30(13-22(2)35(21)45)40-42(33-16-25(5)37(47)26(6)17-33)43(34-18-27(7)38(48)28(8)19-34)41(32-14-23(3)36(46)24(4)15-32)39-29-10-9-11-31(20-29)44(49)50/h9-20,39-40,45-48H,1-8H3. The molecule has 0 heterocycles. The Morgan fingerprint density at radius 3 is 1.22 bits per heavy atom. The van der Waals surface area contributed by atoms with Crippen LogP contribution in [0.25, 0.3) is 0 Å². The summed E-state index contributed by atoms with van der Waals surface area (Å²) in [6, 6.07) is 20.5. The fraction of sp³-hybridized carbons (Fsp3) is 0.211. The van der Waals surface area contributed by atoms with Gasteiger partial charge < -0.3 is 20.4 Å². The molecule has 50 heavy (non-hydrogen) atoms. The molecule has 0 aliphatic heterocycles. The number of rotatable bonds is 10. The summed E-state index contributed by atoms with van der Waals surface area (Å²) < 4.78 is 0. The third-order valence-corrected chi connectivity index (χ3v) is 8.54. The quantitative estimate of drug-likeness (QED) is 0.0477. The summed E-state index contributed by atoms with van der Waals surface area (Å²) in [5, 5.41) is 60.0. The third-order valence-electron chi connectivity index (χ3n) is 8.54. The second kappa shape index (κ2) is 13.7. The number of aryl methyl sites for hydroxylation is 8. The molecule has 12 heteroatoms. The van der Waals surface area contributed by atoms with E-state index in [1.165, 1.54) is 12.1 Å². The van der Waals surface area contributed by atoms with Gasteiger partial charge in [-0.3, -0.25) is 21.0 Å². The maximum absolute atomic E-state index is 11.8. The number of benzene rings is 5. The predicted molar refractivity (Wildman–Crippen MR) is 198 cm³/mol. The lowest BCUT2D eigenvalue weighted by molar-refractivity contribution is -0.384. The Balaban J connectivity index is 1.87. The molecule has 0 saturated carbocycles. The Morgan fingerprint density at radius 2 is 0.840 bits per heavy atom. The zero-order chi connectivity index (χ0) is 36.6. The number of hydrogen-bond donors (Lipinski definition) is 6. The molecule has 5 aromatic rings. The molecule has 0 amide bonds. The van der Waals surface area contributed by atoms with Crippen molar-refractivity contribution in [3.63, 3.8) is 0 Å². The van der Waals surface area contributed by atoms with Crippen LogP contribution in [0.5, 0.6) is 23.0 Å². The number of non-ortho nitro benzene ring substituents is 1. The molecule has 0 aliphatic carbocycles. The van der Waals surface area contributed by atoms with E-state index in [9.17, 15) is 30.5 Å². The number of phenolic OH excluding ortho intramolecular Hbond substituents is 4. The van der Waals surface area contributed by atoms with Crippen LogP contribution < -0.4 is 26.2 Å². The number of hydrazine groups is 4. The van der Waals surface area contributed by atoms with Gasteiger partial charge in [-0.25, -0.2) is 0 Å². The Kier molecular flexibility index (Phi) is 9.57. The molecule has 5 aromatic carbocycles. The SMILES string of the molecule is Cc1cc(NN(c2cc(C)c(O)c(C)c2)N(c2cc(C)c(O)c(C)c2)N(Nc2cccc([N+](=O)[O-])c2)c2cc(C)c(O)c(C)c2)cc(C)c1O. The number of hydrogen-bond acceptors (Lipinski definition) is 11. The smallest absolute Gasteiger partial charge is 0.271 e. The molecule has 0 fully saturated rings. The molecule has 0 aliphatic rings. The van der Waals surface area contributed by atoms with E-state index < -0.39 is 4.92 Å². The Bertz CT molecular complexity index is 2020. The van der Waals surface area contributed by atoms with Crippen LogP contribution in [0.2, 0.25) is 0 Å². The van der Waals surface area contributed by atoms with Crippen LogP contribution >= 0.6 is 0 Å². The second-order valence-electron chi connectivity index (χ2n) is 12.7. The van der Waals surface area contributed by atoms with Gasteiger partial charge in [-0.2, -0.15) is 15.4 Å². The minimum absolute atomic E-state index is 0.120. The van der Waals surface area contributed by atoms with Gasteiger partial charge in [-0.1, -0.05) is 6.07 Å². The van der Waals surface area contributed by atoms with Crippen molar-refractivity contribution in [1.82, 2.24) is 0 Å². The van der Waals surface area contributed by atoms with Gasteiger partial charge in [-0.05, 0) is 154 Å². The van der Waals surface area contributed by atoms with Crippen molar-refractivity contribution in [3.8, 4) is 23.0 Å². The van der Waals surface area contributed by atoms with E-state index in [-0.39, 0.29) is 28.7 Å². The summed E-state index contributed by atoms with van der Waals surface area (Å²) in [5.74, 6) is 0.568. The number of nitro benzene ring substituents is 1. The normalized spacial score (nSPS) is 10.9. The molecular weight excluding hydrogens is 636 g/mol. The molecule has 0 aromatic heterocycles. The zero-order valence-electron chi connectivity index (χ0n) is 29.3. The fourth-order valence-corrected chi connectivity index (χ4v) is 5.88. The van der Waals surface area contributed by atoms with Crippen molar-refractivity contribution < 1.29 is 25.3 Å². The van der Waals surface area contributed by atoms with E-state index in [0.29, 0.717) is 72.9 Å². The van der Waals surface area contributed by atoms with Gasteiger partial charge >= 0.3 is 0 Å². The predicted octanol–water partition coefficient (Wildman–Crippen LogP) is 8.59. The number of aromatic hydroxyl groups is 4. The fourth-order valence-electron chi connectivity index (χ4n) is 5.88. The summed E-state index contributed by atoms with van der Waals surface area (Å²) in [6.07, 6.45) is 0. The van der Waals surface area contributed by atoms with Crippen LogP contribution in [0.15, 0.2) is 72.8 Å². The van der Waals surface area contributed by atoms with E-state index in [1.54, 1.807) is 131 Å². The average molecular weight is 679 g/mol. The lowest BCUT2D eigenvalue weighted by atomic mass is 10.1. The monoisotopic (exact) mass is 678 g/mol. The van der Waals surface area contributed by atoms with Crippen molar-refractivity contribution in [3.05, 3.63) is 127 Å². The average Bonchev–Trinajstić information content (AvgIpc) is 3.06. The van der Waals surface area contributed by atoms with Crippen molar-refractivity contribution in [2.24, 2.45) is 0 Å². The Labute approximate surface area is 291 Å². The van der Waals surface area contributed by atoms with Crippen molar-refractivity contribution in [2.45, 2.75) is 55.4 Å². The van der Waals surface area contributed by atoms with Gasteiger partial charge in [0, 0.05) is 12.1 Å². The topological polar surface area (TPSA) is 158 Å². The van der Waals surface area contributed by atoms with Gasteiger partial charge in [0.2, 0.25) is 0 Å². The minimum Gasteiger partial charge on any atom is -0.507 e. The van der Waals surface area contributed by atoms with Gasteiger partial charge in [0.15, 0.2) is 0 Å². The van der Waals surface area contributed by atoms with Gasteiger partial charge in [0.05, 0.1) is 33.4 Å². The van der Waals surface area contributed by atoms with Crippen LogP contribution in [0, 0.1) is 65.5 Å². The molecule has 12 nitrogen and oxygen atoms in total. The van der Waals surface area contributed by atoms with Gasteiger partial charge in [0.25, 0.3) is 5.69 Å². The molecular formula is C38H42N6O6. The molecule has 0 unspecified atom stereocenters. The Hall–Kier alpha value is -6.30. The first-order valence-electron chi connectivity index (χ1n) is 15.9. The lowest BCUT2D eigenvalue weighted by Gasteiger charge is -2.46. The molecule has 0 saturated heterocycles.